The zero-order chi connectivity index (χ0) is 24.6. The predicted molar refractivity (Wildman–Crippen MR) is 135 cm³/mol. The molecule has 0 spiro atoms. The van der Waals surface area contributed by atoms with Crippen molar-refractivity contribution < 1.29 is 19.1 Å². The number of esters is 1. The summed E-state index contributed by atoms with van der Waals surface area (Å²) in [5.41, 5.74) is 1.83. The molecule has 0 saturated carbocycles. The van der Waals surface area contributed by atoms with Crippen LogP contribution in [-0.2, 0) is 11.2 Å². The molecule has 4 rings (SSSR count). The Morgan fingerprint density at radius 1 is 0.971 bits per heavy atom. The molecule has 0 aliphatic heterocycles. The Balaban J connectivity index is 1.58. The van der Waals surface area contributed by atoms with E-state index in [9.17, 15) is 9.59 Å². The molecule has 4 aromatic rings. The first-order valence-electron chi connectivity index (χ1n) is 11.2. The van der Waals surface area contributed by atoms with Crippen molar-refractivity contribution in [2.24, 2.45) is 0 Å². The lowest BCUT2D eigenvalue weighted by Crippen LogP contribution is -2.33. The first-order chi connectivity index (χ1) is 17.0. The van der Waals surface area contributed by atoms with E-state index < -0.39 is 5.97 Å². The summed E-state index contributed by atoms with van der Waals surface area (Å²) in [7, 11) is 0. The van der Waals surface area contributed by atoms with Crippen LogP contribution in [0.25, 0.3) is 0 Å². The van der Waals surface area contributed by atoms with Gasteiger partial charge in [-0.15, -0.1) is 11.3 Å². The van der Waals surface area contributed by atoms with Crippen molar-refractivity contribution in [3.8, 4) is 11.5 Å². The van der Waals surface area contributed by atoms with E-state index in [1.54, 1.807) is 61.5 Å². The number of aromatic nitrogens is 2. The predicted octanol–water partition coefficient (Wildman–Crippen LogP) is 5.71. The number of carbonyl (C=O) groups excluding carboxylic acids is 2. The number of aryl methyl sites for hydroxylation is 1. The summed E-state index contributed by atoms with van der Waals surface area (Å²) in [5.74, 6) is 0.513. The summed E-state index contributed by atoms with van der Waals surface area (Å²) >= 11 is 1.30. The Hall–Kier alpha value is -4.04. The lowest BCUT2D eigenvalue weighted by molar-refractivity contribution is 0.0519. The molecule has 7 nitrogen and oxygen atoms in total. The first-order valence-corrected chi connectivity index (χ1v) is 12.0. The minimum atomic E-state index is -0.486. The van der Waals surface area contributed by atoms with E-state index in [1.807, 2.05) is 36.4 Å². The molecule has 0 atom stereocenters. The molecule has 0 N–H and O–H groups in total. The van der Waals surface area contributed by atoms with Gasteiger partial charge in [-0.3, -0.25) is 14.7 Å². The number of ether oxygens (including phenoxy) is 2. The average molecular weight is 488 g/mol. The van der Waals surface area contributed by atoms with Crippen LogP contribution in [0, 0.1) is 6.92 Å². The Kier molecular flexibility index (Phi) is 7.84. The monoisotopic (exact) mass is 487 g/mol. The zero-order valence-electron chi connectivity index (χ0n) is 19.5. The molecule has 0 radical (unpaired) electrons. The van der Waals surface area contributed by atoms with Gasteiger partial charge in [0, 0.05) is 23.2 Å². The second kappa shape index (κ2) is 11.4. The molecule has 35 heavy (non-hydrogen) atoms. The number of nitrogens with zero attached hydrogens (tertiary/aromatic N) is 3. The molecule has 8 heteroatoms. The molecule has 0 bridgehead atoms. The zero-order valence-corrected chi connectivity index (χ0v) is 20.3. The van der Waals surface area contributed by atoms with Crippen molar-refractivity contribution >= 4 is 28.3 Å². The van der Waals surface area contributed by atoms with E-state index in [0.29, 0.717) is 40.0 Å². The minimum Gasteiger partial charge on any atom is -0.461 e. The van der Waals surface area contributed by atoms with Crippen molar-refractivity contribution in [2.75, 3.05) is 18.1 Å². The molecule has 0 fully saturated rings. The van der Waals surface area contributed by atoms with Crippen molar-refractivity contribution in [1.29, 1.82) is 0 Å². The molecule has 2 heterocycles. The maximum atomic E-state index is 13.6. The second-order valence-electron chi connectivity index (χ2n) is 7.63. The molecule has 0 saturated heterocycles. The summed E-state index contributed by atoms with van der Waals surface area (Å²) in [4.78, 5) is 36.7. The van der Waals surface area contributed by atoms with Crippen LogP contribution < -0.4 is 9.64 Å². The van der Waals surface area contributed by atoms with Crippen LogP contribution in [0.1, 0.15) is 38.2 Å². The number of benzene rings is 2. The second-order valence-corrected chi connectivity index (χ2v) is 8.81. The molecule has 1 amide bonds. The number of rotatable bonds is 9. The number of thiazole rings is 1. The van der Waals surface area contributed by atoms with Gasteiger partial charge in [0.1, 0.15) is 11.5 Å². The van der Waals surface area contributed by atoms with Crippen LogP contribution in [0.3, 0.4) is 0 Å². The maximum absolute atomic E-state index is 13.6. The van der Waals surface area contributed by atoms with Gasteiger partial charge >= 0.3 is 5.97 Å². The van der Waals surface area contributed by atoms with Gasteiger partial charge in [0.25, 0.3) is 5.91 Å². The van der Waals surface area contributed by atoms with Gasteiger partial charge < -0.3 is 9.47 Å². The fraction of sp³-hybridized carbons (Fsp3) is 0.185. The number of pyridine rings is 1. The highest BCUT2D eigenvalue weighted by Gasteiger charge is 2.25. The molecule has 2 aromatic heterocycles. The van der Waals surface area contributed by atoms with Crippen molar-refractivity contribution in [3.05, 3.63) is 101 Å². The Labute approximate surface area is 208 Å². The summed E-state index contributed by atoms with van der Waals surface area (Å²) in [6.07, 6.45) is 3.94. The normalized spacial score (nSPS) is 10.6. The summed E-state index contributed by atoms with van der Waals surface area (Å²) in [6.45, 7) is 4.22. The van der Waals surface area contributed by atoms with Crippen LogP contribution in [0.2, 0.25) is 0 Å². The highest BCUT2D eigenvalue weighted by molar-refractivity contribution is 7.16. The Morgan fingerprint density at radius 3 is 2.43 bits per heavy atom. The van der Waals surface area contributed by atoms with Gasteiger partial charge in [-0.2, -0.15) is 0 Å². The largest absolute Gasteiger partial charge is 0.461 e. The third-order valence-corrected chi connectivity index (χ3v) is 6.16. The van der Waals surface area contributed by atoms with E-state index >= 15 is 0 Å². The Morgan fingerprint density at radius 2 is 1.74 bits per heavy atom. The number of anilines is 1. The summed E-state index contributed by atoms with van der Waals surface area (Å²) in [5, 5.41) is 0.460. The van der Waals surface area contributed by atoms with Gasteiger partial charge in [-0.25, -0.2) is 9.78 Å². The van der Waals surface area contributed by atoms with Crippen LogP contribution in [-0.4, -0.2) is 35.0 Å². The molecular weight excluding hydrogens is 462 g/mol. The highest BCUT2D eigenvalue weighted by Crippen LogP contribution is 2.29. The highest BCUT2D eigenvalue weighted by atomic mass is 32.1. The number of hydrogen-bond donors (Lipinski definition) is 0. The van der Waals surface area contributed by atoms with E-state index in [0.717, 1.165) is 5.56 Å². The molecule has 2 aromatic carbocycles. The SMILES string of the molecule is CCOC(=O)c1nc(N(CCc2ccccc2)C(=O)c2ccc(Oc3cccnc3)cc2)sc1C. The molecule has 178 valence electrons. The lowest BCUT2D eigenvalue weighted by Gasteiger charge is -2.20. The van der Waals surface area contributed by atoms with Gasteiger partial charge in [0.05, 0.1) is 12.8 Å². The van der Waals surface area contributed by atoms with Crippen molar-refractivity contribution in [1.82, 2.24) is 9.97 Å². The fourth-order valence-electron chi connectivity index (χ4n) is 3.42. The van der Waals surface area contributed by atoms with Crippen LogP contribution in [0.4, 0.5) is 5.13 Å². The van der Waals surface area contributed by atoms with Crippen LogP contribution in [0.15, 0.2) is 79.1 Å². The molecular formula is C27H25N3O4S. The Bertz CT molecular complexity index is 1280. The van der Waals surface area contributed by atoms with Gasteiger partial charge in [0.15, 0.2) is 10.8 Å². The topological polar surface area (TPSA) is 81.6 Å². The third-order valence-electron chi connectivity index (χ3n) is 5.17. The molecule has 0 aliphatic carbocycles. The quantitative estimate of drug-likeness (QED) is 0.282. The lowest BCUT2D eigenvalue weighted by atomic mass is 10.1. The first kappa shape index (κ1) is 24.1. The van der Waals surface area contributed by atoms with Crippen LogP contribution in [0.5, 0.6) is 11.5 Å². The van der Waals surface area contributed by atoms with Gasteiger partial charge in [0.2, 0.25) is 0 Å². The smallest absolute Gasteiger partial charge is 0.358 e. The van der Waals surface area contributed by atoms with Gasteiger partial charge in [-0.1, -0.05) is 30.3 Å². The molecule has 0 aliphatic rings. The standard InChI is InChI=1S/C27H25N3O4S/c1-3-33-26(32)24-19(2)35-27(29-24)30(17-15-20-8-5-4-6-9-20)25(31)21-11-13-22(14-12-21)34-23-10-7-16-28-18-23/h4-14,16,18H,3,15,17H2,1-2H3. The number of amides is 1. The maximum Gasteiger partial charge on any atom is 0.358 e. The van der Waals surface area contributed by atoms with E-state index in [1.165, 1.54) is 11.3 Å². The third kappa shape index (κ3) is 6.10. The fourth-order valence-corrected chi connectivity index (χ4v) is 4.34. The summed E-state index contributed by atoms with van der Waals surface area (Å²) in [6, 6.07) is 20.4. The van der Waals surface area contributed by atoms with Gasteiger partial charge in [-0.05, 0) is 62.2 Å². The van der Waals surface area contributed by atoms with Crippen LogP contribution >= 0.6 is 11.3 Å². The summed E-state index contributed by atoms with van der Waals surface area (Å²) < 4.78 is 10.9. The van der Waals surface area contributed by atoms with Crippen molar-refractivity contribution in [2.45, 2.75) is 20.3 Å². The number of hydrogen-bond acceptors (Lipinski definition) is 7. The van der Waals surface area contributed by atoms with E-state index in [4.69, 9.17) is 9.47 Å². The van der Waals surface area contributed by atoms with E-state index in [2.05, 4.69) is 9.97 Å². The van der Waals surface area contributed by atoms with Crippen molar-refractivity contribution in [3.63, 3.8) is 0 Å². The minimum absolute atomic E-state index is 0.210. The average Bonchev–Trinajstić information content (AvgIpc) is 3.27. The number of carbonyl (C=O) groups is 2. The van der Waals surface area contributed by atoms with E-state index in [-0.39, 0.29) is 18.2 Å². The molecule has 0 unspecified atom stereocenters.